The molecule has 0 heteroatoms. The zero-order valence-corrected chi connectivity index (χ0v) is 10.3. The summed E-state index contributed by atoms with van der Waals surface area (Å²) >= 11 is 0. The van der Waals surface area contributed by atoms with E-state index in [4.69, 9.17) is 0 Å². The predicted octanol–water partition coefficient (Wildman–Crippen LogP) is 4.53. The van der Waals surface area contributed by atoms with Gasteiger partial charge in [-0.3, -0.25) is 0 Å². The van der Waals surface area contributed by atoms with E-state index < -0.39 is 0 Å². The first kappa shape index (κ1) is 10.7. The van der Waals surface area contributed by atoms with Crippen LogP contribution in [0, 0.1) is 13.8 Å². The van der Waals surface area contributed by atoms with Crippen molar-refractivity contribution in [1.29, 1.82) is 0 Å². The van der Waals surface area contributed by atoms with E-state index in [9.17, 15) is 0 Å². The summed E-state index contributed by atoms with van der Waals surface area (Å²) in [6.07, 6.45) is 6.99. The van der Waals surface area contributed by atoms with Crippen LogP contribution in [0.15, 0.2) is 18.2 Å². The minimum Gasteiger partial charge on any atom is -0.0617 e. The summed E-state index contributed by atoms with van der Waals surface area (Å²) in [5.74, 6) is 0. The molecule has 0 N–H and O–H groups in total. The largest absolute Gasteiger partial charge is 0.0617 e. The molecule has 0 heterocycles. The van der Waals surface area contributed by atoms with Crippen LogP contribution in [-0.2, 0) is 5.41 Å². The Bertz CT molecular complexity index is 323. The second-order valence-electron chi connectivity index (χ2n) is 5.39. The summed E-state index contributed by atoms with van der Waals surface area (Å²) in [5, 5.41) is 0. The summed E-state index contributed by atoms with van der Waals surface area (Å²) < 4.78 is 0. The minimum atomic E-state index is 0.452. The lowest BCUT2D eigenvalue weighted by Crippen LogP contribution is -2.27. The van der Waals surface area contributed by atoms with Crippen molar-refractivity contribution in [2.24, 2.45) is 0 Å². The van der Waals surface area contributed by atoms with Gasteiger partial charge in [0.05, 0.1) is 0 Å². The molecule has 1 saturated carbocycles. The maximum atomic E-state index is 2.46. The molecule has 82 valence electrons. The van der Waals surface area contributed by atoms with Gasteiger partial charge in [0.2, 0.25) is 0 Å². The highest BCUT2D eigenvalue weighted by molar-refractivity contribution is 5.39. The van der Waals surface area contributed by atoms with E-state index >= 15 is 0 Å². The van der Waals surface area contributed by atoms with Crippen LogP contribution in [0.1, 0.15) is 55.7 Å². The minimum absolute atomic E-state index is 0.452. The van der Waals surface area contributed by atoms with Crippen molar-refractivity contribution in [1.82, 2.24) is 0 Å². The topological polar surface area (TPSA) is 0 Å². The van der Waals surface area contributed by atoms with Crippen LogP contribution in [0.4, 0.5) is 0 Å². The standard InChI is InChI=1S/C15H22/c1-12-8-7-9-13(2)14(12)15(3)10-5-4-6-11-15/h7-9H,4-6,10-11H2,1-3H3. The molecule has 1 aliphatic carbocycles. The number of hydrogen-bond acceptors (Lipinski definition) is 0. The Balaban J connectivity index is 2.42. The Morgan fingerprint density at radius 1 is 0.933 bits per heavy atom. The Hall–Kier alpha value is -0.780. The molecule has 0 radical (unpaired) electrons. The van der Waals surface area contributed by atoms with Gasteiger partial charge in [0.25, 0.3) is 0 Å². The molecule has 15 heavy (non-hydrogen) atoms. The van der Waals surface area contributed by atoms with Crippen LogP contribution in [-0.4, -0.2) is 0 Å². The molecule has 0 amide bonds. The molecular formula is C15H22. The zero-order chi connectivity index (χ0) is 10.9. The van der Waals surface area contributed by atoms with Crippen LogP contribution in [0.5, 0.6) is 0 Å². The molecule has 2 rings (SSSR count). The van der Waals surface area contributed by atoms with E-state index in [0.29, 0.717) is 5.41 Å². The first-order valence-electron chi connectivity index (χ1n) is 6.20. The zero-order valence-electron chi connectivity index (χ0n) is 10.3. The van der Waals surface area contributed by atoms with Crippen molar-refractivity contribution >= 4 is 0 Å². The number of aryl methyl sites for hydroxylation is 2. The number of rotatable bonds is 1. The first-order valence-corrected chi connectivity index (χ1v) is 6.20. The van der Waals surface area contributed by atoms with E-state index in [1.54, 1.807) is 5.56 Å². The third-order valence-electron chi connectivity index (χ3n) is 4.04. The predicted molar refractivity (Wildman–Crippen MR) is 66.4 cm³/mol. The van der Waals surface area contributed by atoms with Gasteiger partial charge in [-0.2, -0.15) is 0 Å². The molecule has 0 spiro atoms. The normalized spacial score (nSPS) is 20.2. The first-order chi connectivity index (χ1) is 7.13. The van der Waals surface area contributed by atoms with Gasteiger partial charge in [-0.25, -0.2) is 0 Å². The third-order valence-corrected chi connectivity index (χ3v) is 4.04. The van der Waals surface area contributed by atoms with E-state index in [-0.39, 0.29) is 0 Å². The molecule has 0 saturated heterocycles. The lowest BCUT2D eigenvalue weighted by atomic mass is 9.68. The highest BCUT2D eigenvalue weighted by Crippen LogP contribution is 2.41. The quantitative estimate of drug-likeness (QED) is 0.628. The highest BCUT2D eigenvalue weighted by atomic mass is 14.3. The van der Waals surface area contributed by atoms with E-state index in [1.807, 2.05) is 0 Å². The maximum absolute atomic E-state index is 2.46. The molecule has 1 fully saturated rings. The third kappa shape index (κ3) is 1.95. The average Bonchev–Trinajstić information content (AvgIpc) is 2.18. The number of benzene rings is 1. The molecule has 0 unspecified atom stereocenters. The van der Waals surface area contributed by atoms with Gasteiger partial charge in [-0.15, -0.1) is 0 Å². The molecule has 1 aliphatic rings. The summed E-state index contributed by atoms with van der Waals surface area (Å²) in [4.78, 5) is 0. The SMILES string of the molecule is Cc1cccc(C)c1C1(C)CCCCC1. The fourth-order valence-electron chi connectivity index (χ4n) is 3.35. The molecule has 0 aliphatic heterocycles. The smallest absolute Gasteiger partial charge is 0.00700 e. The van der Waals surface area contributed by atoms with Gasteiger partial charge >= 0.3 is 0 Å². The Morgan fingerprint density at radius 3 is 2.00 bits per heavy atom. The molecule has 0 aromatic heterocycles. The van der Waals surface area contributed by atoms with Crippen molar-refractivity contribution in [3.05, 3.63) is 34.9 Å². The van der Waals surface area contributed by atoms with Crippen molar-refractivity contribution < 1.29 is 0 Å². The lowest BCUT2D eigenvalue weighted by Gasteiger charge is -2.36. The van der Waals surface area contributed by atoms with Crippen LogP contribution >= 0.6 is 0 Å². The average molecular weight is 202 g/mol. The molecule has 1 aromatic carbocycles. The molecule has 1 aromatic rings. The Labute approximate surface area is 93.7 Å². The van der Waals surface area contributed by atoms with Gasteiger partial charge in [0.1, 0.15) is 0 Å². The second-order valence-corrected chi connectivity index (χ2v) is 5.39. The second kappa shape index (κ2) is 4.00. The van der Waals surface area contributed by atoms with Crippen LogP contribution in [0.2, 0.25) is 0 Å². The monoisotopic (exact) mass is 202 g/mol. The molecular weight excluding hydrogens is 180 g/mol. The maximum Gasteiger partial charge on any atom is -0.00700 e. The molecule has 0 nitrogen and oxygen atoms in total. The van der Waals surface area contributed by atoms with Crippen LogP contribution < -0.4 is 0 Å². The summed E-state index contributed by atoms with van der Waals surface area (Å²) in [6, 6.07) is 6.71. The summed E-state index contributed by atoms with van der Waals surface area (Å²) in [6.45, 7) is 6.99. The van der Waals surface area contributed by atoms with Crippen LogP contribution in [0.3, 0.4) is 0 Å². The fraction of sp³-hybridized carbons (Fsp3) is 0.600. The van der Waals surface area contributed by atoms with Crippen LogP contribution in [0.25, 0.3) is 0 Å². The van der Waals surface area contributed by atoms with Crippen molar-refractivity contribution in [3.8, 4) is 0 Å². The van der Waals surface area contributed by atoms with Gasteiger partial charge in [-0.05, 0) is 48.8 Å². The Morgan fingerprint density at radius 2 is 1.47 bits per heavy atom. The number of hydrogen-bond donors (Lipinski definition) is 0. The molecule has 0 atom stereocenters. The van der Waals surface area contributed by atoms with Gasteiger partial charge < -0.3 is 0 Å². The molecule has 0 bridgehead atoms. The fourth-order valence-corrected chi connectivity index (χ4v) is 3.35. The van der Waals surface area contributed by atoms with Crippen molar-refractivity contribution in [2.75, 3.05) is 0 Å². The van der Waals surface area contributed by atoms with Gasteiger partial charge in [0, 0.05) is 0 Å². The Kier molecular flexibility index (Phi) is 2.86. The van der Waals surface area contributed by atoms with E-state index in [1.165, 1.54) is 43.2 Å². The van der Waals surface area contributed by atoms with Gasteiger partial charge in [-0.1, -0.05) is 44.4 Å². The van der Waals surface area contributed by atoms with Gasteiger partial charge in [0.15, 0.2) is 0 Å². The van der Waals surface area contributed by atoms with Crippen molar-refractivity contribution in [2.45, 2.75) is 58.3 Å². The van der Waals surface area contributed by atoms with E-state index in [2.05, 4.69) is 39.0 Å². The van der Waals surface area contributed by atoms with E-state index in [0.717, 1.165) is 0 Å². The highest BCUT2D eigenvalue weighted by Gasteiger charge is 2.30. The summed E-state index contributed by atoms with van der Waals surface area (Å²) in [5.41, 5.74) is 5.05. The van der Waals surface area contributed by atoms with Crippen molar-refractivity contribution in [3.63, 3.8) is 0 Å². The summed E-state index contributed by atoms with van der Waals surface area (Å²) in [7, 11) is 0. The lowest BCUT2D eigenvalue weighted by molar-refractivity contribution is 0.317.